The van der Waals surface area contributed by atoms with Crippen molar-refractivity contribution >= 4 is 11.5 Å². The minimum Gasteiger partial charge on any atom is -0.366 e. The Morgan fingerprint density at radius 3 is 1.94 bits per heavy atom. The van der Waals surface area contributed by atoms with Gasteiger partial charge in [-0.15, -0.1) is 0 Å². The van der Waals surface area contributed by atoms with E-state index in [4.69, 9.17) is 0 Å². The third-order valence-corrected chi connectivity index (χ3v) is 6.90. The Hall–Kier alpha value is -4.42. The van der Waals surface area contributed by atoms with Gasteiger partial charge < -0.3 is 4.90 Å². The average Bonchev–Trinajstić information content (AvgIpc) is 2.94. The number of benzene rings is 4. The van der Waals surface area contributed by atoms with Gasteiger partial charge in [0.15, 0.2) is 5.78 Å². The van der Waals surface area contributed by atoms with Gasteiger partial charge >= 0.3 is 0 Å². The van der Waals surface area contributed by atoms with E-state index >= 15 is 0 Å². The van der Waals surface area contributed by atoms with Crippen LogP contribution in [0.25, 0.3) is 5.70 Å². The topological polar surface area (TPSA) is 44.1 Å². The van der Waals surface area contributed by atoms with Gasteiger partial charge in [-0.1, -0.05) is 121 Å². The highest BCUT2D eigenvalue weighted by atomic mass is 16.1. The maximum atomic E-state index is 14.0. The monoisotopic (exact) mass is 468 g/mol. The Kier molecular flexibility index (Phi) is 7.05. The largest absolute Gasteiger partial charge is 0.366 e. The van der Waals surface area contributed by atoms with Gasteiger partial charge in [0, 0.05) is 30.3 Å². The fourth-order valence-corrected chi connectivity index (χ4v) is 5.36. The number of Topliss-reactive ketones (excluding diaryl/α,β-unsaturated/α-hetero) is 1. The summed E-state index contributed by atoms with van der Waals surface area (Å²) >= 11 is 0. The molecule has 0 fully saturated rings. The normalized spacial score (nSPS) is 17.5. The smallest absolute Gasteiger partial charge is 0.168 e. The zero-order valence-corrected chi connectivity index (χ0v) is 20.1. The van der Waals surface area contributed by atoms with Gasteiger partial charge in [-0.25, -0.2) is 0 Å². The molecule has 0 saturated carbocycles. The van der Waals surface area contributed by atoms with E-state index in [-0.39, 0.29) is 24.0 Å². The minimum absolute atomic E-state index is 0.116. The van der Waals surface area contributed by atoms with Crippen molar-refractivity contribution < 1.29 is 4.79 Å². The molecular formula is C33H28N2O. The third kappa shape index (κ3) is 4.85. The molecule has 1 aliphatic rings. The summed E-state index contributed by atoms with van der Waals surface area (Å²) in [6.45, 7) is 1.24. The summed E-state index contributed by atoms with van der Waals surface area (Å²) in [6, 6.07) is 42.8. The number of carbonyl (C=O) groups excluding carboxylic acids is 1. The summed E-state index contributed by atoms with van der Waals surface area (Å²) in [4.78, 5) is 16.4. The molecule has 5 rings (SSSR count). The molecule has 1 aliphatic heterocycles. The van der Waals surface area contributed by atoms with E-state index in [9.17, 15) is 10.1 Å². The summed E-state index contributed by atoms with van der Waals surface area (Å²) in [6.07, 6.45) is 0.258. The second-order valence-electron chi connectivity index (χ2n) is 9.17. The lowest BCUT2D eigenvalue weighted by Gasteiger charge is -2.43. The molecule has 2 atom stereocenters. The Morgan fingerprint density at radius 1 is 0.778 bits per heavy atom. The lowest BCUT2D eigenvalue weighted by Crippen LogP contribution is -2.41. The number of allylic oxidation sites excluding steroid dienone is 1. The minimum atomic E-state index is -0.311. The van der Waals surface area contributed by atoms with Crippen molar-refractivity contribution in [2.24, 2.45) is 5.92 Å². The van der Waals surface area contributed by atoms with E-state index in [1.54, 1.807) is 0 Å². The number of rotatable bonds is 7. The van der Waals surface area contributed by atoms with Gasteiger partial charge in [-0.05, 0) is 22.3 Å². The maximum Gasteiger partial charge on any atom is 0.168 e. The van der Waals surface area contributed by atoms with Crippen molar-refractivity contribution in [3.8, 4) is 6.07 Å². The van der Waals surface area contributed by atoms with Crippen molar-refractivity contribution in [3.05, 3.63) is 149 Å². The molecule has 0 amide bonds. The van der Waals surface area contributed by atoms with Crippen LogP contribution in [-0.4, -0.2) is 17.2 Å². The number of nitrogens with zero attached hydrogens (tertiary/aromatic N) is 2. The first kappa shape index (κ1) is 23.3. The molecule has 0 aliphatic carbocycles. The van der Waals surface area contributed by atoms with Gasteiger partial charge in [-0.2, -0.15) is 5.26 Å². The molecule has 0 radical (unpaired) electrons. The molecule has 1 heterocycles. The second kappa shape index (κ2) is 10.9. The molecule has 3 nitrogen and oxygen atoms in total. The van der Waals surface area contributed by atoms with Crippen LogP contribution in [0.15, 0.2) is 127 Å². The van der Waals surface area contributed by atoms with E-state index in [0.29, 0.717) is 18.7 Å². The zero-order chi connectivity index (χ0) is 24.7. The molecule has 176 valence electrons. The molecule has 0 aromatic heterocycles. The number of hydrogen-bond acceptors (Lipinski definition) is 3. The molecule has 4 aromatic rings. The van der Waals surface area contributed by atoms with Crippen molar-refractivity contribution in [2.45, 2.75) is 18.9 Å². The molecular weight excluding hydrogens is 440 g/mol. The molecule has 0 N–H and O–H groups in total. The second-order valence-corrected chi connectivity index (χ2v) is 9.17. The number of nitriles is 1. The molecule has 0 saturated heterocycles. The Balaban J connectivity index is 1.72. The highest BCUT2D eigenvalue weighted by Gasteiger charge is 2.40. The van der Waals surface area contributed by atoms with Crippen molar-refractivity contribution in [1.29, 1.82) is 5.26 Å². The van der Waals surface area contributed by atoms with Crippen LogP contribution < -0.4 is 0 Å². The van der Waals surface area contributed by atoms with Gasteiger partial charge in [0.05, 0.1) is 18.4 Å². The van der Waals surface area contributed by atoms with Crippen molar-refractivity contribution in [1.82, 2.24) is 4.90 Å². The van der Waals surface area contributed by atoms with Crippen molar-refractivity contribution in [2.75, 3.05) is 6.54 Å². The van der Waals surface area contributed by atoms with E-state index in [0.717, 1.165) is 22.4 Å². The maximum absolute atomic E-state index is 14.0. The van der Waals surface area contributed by atoms with Crippen LogP contribution in [0, 0.1) is 17.2 Å². The fraction of sp³-hybridized carbons (Fsp3) is 0.152. The summed E-state index contributed by atoms with van der Waals surface area (Å²) in [7, 11) is 0. The van der Waals surface area contributed by atoms with Crippen molar-refractivity contribution in [3.63, 3.8) is 0 Å². The van der Waals surface area contributed by atoms with E-state index in [2.05, 4.69) is 47.4 Å². The van der Waals surface area contributed by atoms with E-state index in [1.807, 2.05) is 84.9 Å². The van der Waals surface area contributed by atoms with Crippen LogP contribution in [0.4, 0.5) is 0 Å². The average molecular weight is 469 g/mol. The molecule has 3 heteroatoms. The standard InChI is InChI=1S/C33H28N2O/c34-22-21-29-31(26-15-7-2-8-16-26)30(33(36)28-19-11-4-12-20-28)24-35(23-25-13-5-1-6-14-25)32(29)27-17-9-3-10-18-27/h1-20,30-31H,21,23-24H2. The number of carbonyl (C=O) groups is 1. The Labute approximate surface area is 213 Å². The van der Waals surface area contributed by atoms with Crippen LogP contribution in [0.2, 0.25) is 0 Å². The predicted molar refractivity (Wildman–Crippen MR) is 144 cm³/mol. The predicted octanol–water partition coefficient (Wildman–Crippen LogP) is 7.11. The molecule has 36 heavy (non-hydrogen) atoms. The summed E-state index contributed by atoms with van der Waals surface area (Å²) in [5.41, 5.74) is 6.10. The van der Waals surface area contributed by atoms with Gasteiger partial charge in [0.25, 0.3) is 0 Å². The number of ketones is 1. The van der Waals surface area contributed by atoms with Gasteiger partial charge in [0.1, 0.15) is 0 Å². The van der Waals surface area contributed by atoms with Gasteiger partial charge in [0.2, 0.25) is 0 Å². The molecule has 2 unspecified atom stereocenters. The SMILES string of the molecule is N#CCC1=C(c2ccccc2)N(Cc2ccccc2)CC(C(=O)c2ccccc2)C1c1ccccc1. The first-order valence-corrected chi connectivity index (χ1v) is 12.3. The van der Waals surface area contributed by atoms with Crippen LogP contribution >= 0.6 is 0 Å². The first-order chi connectivity index (χ1) is 17.8. The van der Waals surface area contributed by atoms with E-state index in [1.165, 1.54) is 5.56 Å². The molecule has 0 bridgehead atoms. The lowest BCUT2D eigenvalue weighted by molar-refractivity contribution is 0.0871. The highest BCUT2D eigenvalue weighted by Crippen LogP contribution is 2.46. The lowest BCUT2D eigenvalue weighted by atomic mass is 9.72. The molecule has 0 spiro atoms. The first-order valence-electron chi connectivity index (χ1n) is 12.3. The third-order valence-electron chi connectivity index (χ3n) is 6.90. The number of hydrogen-bond donors (Lipinski definition) is 0. The summed E-state index contributed by atoms with van der Waals surface area (Å²) in [5, 5.41) is 9.98. The Morgan fingerprint density at radius 2 is 1.33 bits per heavy atom. The van der Waals surface area contributed by atoms with Crippen LogP contribution in [0.5, 0.6) is 0 Å². The Bertz CT molecular complexity index is 1370. The van der Waals surface area contributed by atoms with Crippen LogP contribution in [0.3, 0.4) is 0 Å². The zero-order valence-electron chi connectivity index (χ0n) is 20.1. The molecule has 4 aromatic carbocycles. The van der Waals surface area contributed by atoms with Gasteiger partial charge in [-0.3, -0.25) is 4.79 Å². The quantitative estimate of drug-likeness (QED) is 0.272. The van der Waals surface area contributed by atoms with E-state index < -0.39 is 0 Å². The van der Waals surface area contributed by atoms with Crippen LogP contribution in [0.1, 0.15) is 39.4 Å². The summed E-state index contributed by atoms with van der Waals surface area (Å²) < 4.78 is 0. The van der Waals surface area contributed by atoms with Crippen LogP contribution in [-0.2, 0) is 6.54 Å². The fourth-order valence-electron chi connectivity index (χ4n) is 5.36. The highest BCUT2D eigenvalue weighted by molar-refractivity contribution is 5.99. The summed E-state index contributed by atoms with van der Waals surface area (Å²) in [5.74, 6) is -0.375.